The van der Waals surface area contributed by atoms with E-state index < -0.39 is 11.6 Å². The van der Waals surface area contributed by atoms with Gasteiger partial charge in [0, 0.05) is 28.4 Å². The quantitative estimate of drug-likeness (QED) is 0.572. The highest BCUT2D eigenvalue weighted by molar-refractivity contribution is 7.99. The van der Waals surface area contributed by atoms with E-state index in [4.69, 9.17) is 11.6 Å². The fraction of sp³-hybridized carbons (Fsp3) is 0.417. The van der Waals surface area contributed by atoms with Gasteiger partial charge in [0.15, 0.2) is 0 Å². The molecule has 2 aromatic carbocycles. The Morgan fingerprint density at radius 1 is 1.16 bits per heavy atom. The molecule has 7 heteroatoms. The molecule has 4 nitrogen and oxygen atoms in total. The summed E-state index contributed by atoms with van der Waals surface area (Å²) in [4.78, 5) is 27.4. The number of amides is 2. The highest BCUT2D eigenvalue weighted by atomic mass is 35.5. The minimum Gasteiger partial charge on any atom is -0.350 e. The van der Waals surface area contributed by atoms with Crippen molar-refractivity contribution in [3.63, 3.8) is 0 Å². The number of carbonyl (C=O) groups excluding carboxylic acids is 2. The molecule has 2 rings (SSSR count). The zero-order valence-corrected chi connectivity index (χ0v) is 20.2. The molecule has 2 aromatic rings. The second-order valence-corrected chi connectivity index (χ2v) is 10.0. The summed E-state index contributed by atoms with van der Waals surface area (Å²) in [5, 5.41) is 3.28. The highest BCUT2D eigenvalue weighted by Crippen LogP contribution is 2.24. The Bertz CT molecular complexity index is 893. The number of rotatable bonds is 8. The molecule has 1 atom stereocenters. The first-order chi connectivity index (χ1) is 14.5. The van der Waals surface area contributed by atoms with Crippen molar-refractivity contribution in [2.75, 3.05) is 5.75 Å². The van der Waals surface area contributed by atoms with Crippen LogP contribution in [0.2, 0.25) is 5.02 Å². The molecule has 0 spiro atoms. The van der Waals surface area contributed by atoms with Crippen LogP contribution in [0.4, 0.5) is 4.39 Å². The molecule has 0 fully saturated rings. The van der Waals surface area contributed by atoms with Gasteiger partial charge in [-0.25, -0.2) is 4.39 Å². The summed E-state index contributed by atoms with van der Waals surface area (Å²) in [7, 11) is 0. The molecule has 0 aromatic heterocycles. The third kappa shape index (κ3) is 7.86. The molecule has 0 bridgehead atoms. The molecule has 1 unspecified atom stereocenters. The number of thioether (sulfide) groups is 1. The Kier molecular flexibility index (Phi) is 8.95. The van der Waals surface area contributed by atoms with Crippen molar-refractivity contribution >= 4 is 35.2 Å². The third-order valence-electron chi connectivity index (χ3n) is 4.67. The first-order valence-corrected chi connectivity index (χ1v) is 11.7. The van der Waals surface area contributed by atoms with E-state index in [9.17, 15) is 14.0 Å². The van der Waals surface area contributed by atoms with Gasteiger partial charge in [-0.05, 0) is 52.3 Å². The first kappa shape index (κ1) is 25.2. The minimum absolute atomic E-state index is 0.115. The first-order valence-electron chi connectivity index (χ1n) is 10.2. The van der Waals surface area contributed by atoms with Crippen LogP contribution in [-0.4, -0.2) is 34.0 Å². The number of hydrogen-bond acceptors (Lipinski definition) is 3. The molecule has 0 aliphatic heterocycles. The van der Waals surface area contributed by atoms with Gasteiger partial charge in [0.1, 0.15) is 11.9 Å². The lowest BCUT2D eigenvalue weighted by Gasteiger charge is -2.31. The van der Waals surface area contributed by atoms with Crippen LogP contribution in [0, 0.1) is 12.7 Å². The number of carbonyl (C=O) groups is 2. The van der Waals surface area contributed by atoms with Crippen molar-refractivity contribution in [1.29, 1.82) is 0 Å². The zero-order chi connectivity index (χ0) is 23.2. The van der Waals surface area contributed by atoms with E-state index in [0.29, 0.717) is 17.1 Å². The predicted molar refractivity (Wildman–Crippen MR) is 127 cm³/mol. The van der Waals surface area contributed by atoms with Gasteiger partial charge in [-0.3, -0.25) is 9.59 Å². The molecule has 2 amide bonds. The van der Waals surface area contributed by atoms with Crippen LogP contribution >= 0.6 is 23.4 Å². The number of nitrogens with zero attached hydrogens (tertiary/aromatic N) is 1. The van der Waals surface area contributed by atoms with Crippen LogP contribution in [0.3, 0.4) is 0 Å². The largest absolute Gasteiger partial charge is 0.350 e. The zero-order valence-electron chi connectivity index (χ0n) is 18.7. The molecule has 0 saturated heterocycles. The summed E-state index contributed by atoms with van der Waals surface area (Å²) in [5.41, 5.74) is 2.04. The lowest BCUT2D eigenvalue weighted by molar-refractivity contribution is -0.139. The van der Waals surface area contributed by atoms with Gasteiger partial charge in [0.05, 0.1) is 5.75 Å². The fourth-order valence-electron chi connectivity index (χ4n) is 2.94. The maximum Gasteiger partial charge on any atom is 0.242 e. The lowest BCUT2D eigenvalue weighted by atomic mass is 10.1. The maximum atomic E-state index is 14.0. The number of benzene rings is 2. The van der Waals surface area contributed by atoms with Crippen LogP contribution in [0.1, 0.15) is 44.4 Å². The van der Waals surface area contributed by atoms with E-state index in [1.54, 1.807) is 24.0 Å². The van der Waals surface area contributed by atoms with Crippen LogP contribution < -0.4 is 5.32 Å². The molecule has 0 aliphatic carbocycles. The van der Waals surface area contributed by atoms with Crippen molar-refractivity contribution in [2.24, 2.45) is 0 Å². The van der Waals surface area contributed by atoms with Crippen LogP contribution in [0.15, 0.2) is 42.5 Å². The molecule has 31 heavy (non-hydrogen) atoms. The van der Waals surface area contributed by atoms with Gasteiger partial charge in [0.2, 0.25) is 11.8 Å². The van der Waals surface area contributed by atoms with E-state index >= 15 is 0 Å². The average Bonchev–Trinajstić information content (AvgIpc) is 2.67. The predicted octanol–water partition coefficient (Wildman–Crippen LogP) is 5.35. The van der Waals surface area contributed by atoms with Crippen LogP contribution in [-0.2, 0) is 21.9 Å². The molecular weight excluding hydrogens is 435 g/mol. The van der Waals surface area contributed by atoms with Gasteiger partial charge in [-0.15, -0.1) is 11.8 Å². The summed E-state index contributed by atoms with van der Waals surface area (Å²) in [6.45, 7) is 9.74. The Morgan fingerprint density at radius 3 is 2.39 bits per heavy atom. The maximum absolute atomic E-state index is 14.0. The third-order valence-corrected chi connectivity index (χ3v) is 5.97. The summed E-state index contributed by atoms with van der Waals surface area (Å²) in [5.74, 6) is -0.395. The molecule has 168 valence electrons. The summed E-state index contributed by atoms with van der Waals surface area (Å²) < 4.78 is 14.0. The Balaban J connectivity index is 2.13. The van der Waals surface area contributed by atoms with Gasteiger partial charge in [0.25, 0.3) is 0 Å². The van der Waals surface area contributed by atoms with Gasteiger partial charge < -0.3 is 10.2 Å². The smallest absolute Gasteiger partial charge is 0.242 e. The molecule has 0 saturated carbocycles. The topological polar surface area (TPSA) is 49.4 Å². The Morgan fingerprint density at radius 2 is 1.81 bits per heavy atom. The SMILES string of the molecule is Cc1ccc(CN(C(=O)CSCc2c(F)cccc2Cl)C(C)C(=O)NC(C)(C)C)cc1. The molecule has 0 heterocycles. The monoisotopic (exact) mass is 464 g/mol. The molecular formula is C24H30ClFN2O2S. The van der Waals surface area contributed by atoms with E-state index in [1.807, 2.05) is 52.0 Å². The number of aryl methyl sites for hydroxylation is 1. The second-order valence-electron chi connectivity index (χ2n) is 8.62. The van der Waals surface area contributed by atoms with E-state index in [-0.39, 0.29) is 29.1 Å². The van der Waals surface area contributed by atoms with Gasteiger partial charge in [-0.1, -0.05) is 47.5 Å². The average molecular weight is 465 g/mol. The van der Waals surface area contributed by atoms with Crippen molar-refractivity contribution in [1.82, 2.24) is 10.2 Å². The van der Waals surface area contributed by atoms with E-state index in [1.165, 1.54) is 17.8 Å². The number of halogens is 2. The standard InChI is InChI=1S/C24H30ClFN2O2S/c1-16-9-11-18(12-10-16)13-28(17(2)23(30)27-24(3,4)5)22(29)15-31-14-19-20(25)7-6-8-21(19)26/h6-12,17H,13-15H2,1-5H3,(H,27,30). The summed E-state index contributed by atoms with van der Waals surface area (Å²) in [6.07, 6.45) is 0. The minimum atomic E-state index is -0.648. The number of nitrogens with one attached hydrogen (secondary N) is 1. The van der Waals surface area contributed by atoms with Crippen molar-refractivity contribution in [2.45, 2.75) is 58.5 Å². The molecule has 0 aliphatic rings. The van der Waals surface area contributed by atoms with Crippen molar-refractivity contribution in [3.8, 4) is 0 Å². The Hall–Kier alpha value is -2.05. The Labute approximate surface area is 193 Å². The molecule has 0 radical (unpaired) electrons. The number of hydrogen-bond donors (Lipinski definition) is 1. The van der Waals surface area contributed by atoms with Gasteiger partial charge >= 0.3 is 0 Å². The summed E-state index contributed by atoms with van der Waals surface area (Å²) in [6, 6.07) is 11.8. The molecule has 1 N–H and O–H groups in total. The lowest BCUT2D eigenvalue weighted by Crippen LogP contribution is -2.52. The fourth-order valence-corrected chi connectivity index (χ4v) is 4.19. The second kappa shape index (κ2) is 11.0. The van der Waals surface area contributed by atoms with E-state index in [0.717, 1.165) is 11.1 Å². The van der Waals surface area contributed by atoms with Gasteiger partial charge in [-0.2, -0.15) is 0 Å². The summed E-state index contributed by atoms with van der Waals surface area (Å²) >= 11 is 7.36. The van der Waals surface area contributed by atoms with Crippen molar-refractivity contribution < 1.29 is 14.0 Å². The van der Waals surface area contributed by atoms with Crippen molar-refractivity contribution in [3.05, 3.63) is 70.0 Å². The van der Waals surface area contributed by atoms with Crippen LogP contribution in [0.25, 0.3) is 0 Å². The highest BCUT2D eigenvalue weighted by Gasteiger charge is 2.28. The van der Waals surface area contributed by atoms with Crippen LogP contribution in [0.5, 0.6) is 0 Å². The normalized spacial score (nSPS) is 12.4. The van der Waals surface area contributed by atoms with E-state index in [2.05, 4.69) is 5.32 Å².